The fourth-order valence-electron chi connectivity index (χ4n) is 0.636. The highest BCUT2D eigenvalue weighted by Gasteiger charge is 1.88. The van der Waals surface area contributed by atoms with Gasteiger partial charge in [0.1, 0.15) is 0 Å². The fraction of sp³-hybridized carbons (Fsp3) is 0.333. The molecule has 1 heterocycles. The first-order chi connectivity index (χ1) is 5.29. The van der Waals surface area contributed by atoms with E-state index in [1.165, 1.54) is 0 Å². The molecule has 1 aromatic rings. The molecule has 58 valence electrons. The van der Waals surface area contributed by atoms with Crippen LogP contribution in [0.2, 0.25) is 0 Å². The third kappa shape index (κ3) is 3.22. The van der Waals surface area contributed by atoms with Crippen molar-refractivity contribution in [1.29, 1.82) is 0 Å². The minimum atomic E-state index is -0.317. The topological polar surface area (TPSA) is 20.2 Å². The Balaban J connectivity index is 2.46. The minimum absolute atomic E-state index is 0.317. The van der Waals surface area contributed by atoms with Gasteiger partial charge in [0.05, 0.1) is 11.0 Å². The summed E-state index contributed by atoms with van der Waals surface area (Å²) < 4.78 is 0. The second-order valence-corrected chi connectivity index (χ2v) is 3.28. The van der Waals surface area contributed by atoms with Crippen molar-refractivity contribution in [2.45, 2.75) is 19.4 Å². The van der Waals surface area contributed by atoms with Gasteiger partial charge < -0.3 is 5.11 Å². The van der Waals surface area contributed by atoms with Gasteiger partial charge in [-0.25, -0.2) is 0 Å². The van der Waals surface area contributed by atoms with E-state index in [0.29, 0.717) is 6.42 Å². The molecule has 0 fully saturated rings. The molecule has 0 radical (unpaired) electrons. The lowest BCUT2D eigenvalue weighted by atomic mass is 10.3. The molecule has 0 aliphatic carbocycles. The van der Waals surface area contributed by atoms with Gasteiger partial charge in [0, 0.05) is 6.42 Å². The highest BCUT2D eigenvalue weighted by atomic mass is 32.1. The normalized spacial score (nSPS) is 11.8. The van der Waals surface area contributed by atoms with Crippen molar-refractivity contribution in [3.05, 3.63) is 22.4 Å². The number of rotatable bonds is 1. The van der Waals surface area contributed by atoms with E-state index in [4.69, 9.17) is 5.11 Å². The van der Waals surface area contributed by atoms with Crippen LogP contribution < -0.4 is 0 Å². The van der Waals surface area contributed by atoms with Crippen molar-refractivity contribution in [1.82, 2.24) is 0 Å². The first kappa shape index (κ1) is 8.32. The van der Waals surface area contributed by atoms with Gasteiger partial charge in [-0.2, -0.15) is 0 Å². The van der Waals surface area contributed by atoms with E-state index in [9.17, 15) is 0 Å². The van der Waals surface area contributed by atoms with Crippen LogP contribution in [0, 0.1) is 11.8 Å². The summed E-state index contributed by atoms with van der Waals surface area (Å²) in [6.45, 7) is 1.74. The van der Waals surface area contributed by atoms with Gasteiger partial charge in [-0.3, -0.25) is 0 Å². The number of hydrogen-bond donors (Lipinski definition) is 1. The summed E-state index contributed by atoms with van der Waals surface area (Å²) in [5.74, 6) is 5.86. The Labute approximate surface area is 70.7 Å². The van der Waals surface area contributed by atoms with Gasteiger partial charge in [0.25, 0.3) is 0 Å². The Morgan fingerprint density at radius 1 is 1.73 bits per heavy atom. The Kier molecular flexibility index (Phi) is 3.15. The number of hydrogen-bond acceptors (Lipinski definition) is 2. The van der Waals surface area contributed by atoms with Crippen LogP contribution in [0.3, 0.4) is 0 Å². The van der Waals surface area contributed by atoms with Crippen molar-refractivity contribution < 1.29 is 5.11 Å². The monoisotopic (exact) mass is 166 g/mol. The van der Waals surface area contributed by atoms with E-state index < -0.39 is 0 Å². The van der Waals surface area contributed by atoms with Gasteiger partial charge in [-0.05, 0) is 18.4 Å². The van der Waals surface area contributed by atoms with Crippen LogP contribution in [0.1, 0.15) is 18.2 Å². The molecule has 0 spiro atoms. The average molecular weight is 166 g/mol. The van der Waals surface area contributed by atoms with Gasteiger partial charge in [0.15, 0.2) is 0 Å². The Morgan fingerprint density at radius 3 is 3.09 bits per heavy atom. The van der Waals surface area contributed by atoms with Crippen LogP contribution in [-0.2, 0) is 0 Å². The average Bonchev–Trinajstić information content (AvgIpc) is 2.39. The Bertz CT molecular complexity index is 251. The second kappa shape index (κ2) is 4.17. The molecule has 1 nitrogen and oxygen atoms in total. The zero-order valence-corrected chi connectivity index (χ0v) is 7.19. The van der Waals surface area contributed by atoms with E-state index in [2.05, 4.69) is 11.8 Å². The van der Waals surface area contributed by atoms with E-state index >= 15 is 0 Å². The molecule has 0 bridgehead atoms. The molecular weight excluding hydrogens is 156 g/mol. The summed E-state index contributed by atoms with van der Waals surface area (Å²) >= 11 is 1.62. The predicted octanol–water partition coefficient (Wildman–Crippen LogP) is 1.87. The second-order valence-electron chi connectivity index (χ2n) is 2.33. The molecule has 1 atom stereocenters. The third-order valence-electron chi connectivity index (χ3n) is 1.13. The molecule has 1 rings (SSSR count). The summed E-state index contributed by atoms with van der Waals surface area (Å²) in [6.07, 6.45) is 0.236. The zero-order chi connectivity index (χ0) is 8.10. The van der Waals surface area contributed by atoms with Crippen LogP contribution in [0.25, 0.3) is 0 Å². The summed E-state index contributed by atoms with van der Waals surface area (Å²) in [4.78, 5) is 1.06. The third-order valence-corrected chi connectivity index (χ3v) is 1.92. The number of aliphatic hydroxyl groups is 1. The maximum Gasteiger partial charge on any atom is 0.0768 e. The van der Waals surface area contributed by atoms with E-state index in [0.717, 1.165) is 4.88 Å². The van der Waals surface area contributed by atoms with Crippen LogP contribution in [-0.4, -0.2) is 11.2 Å². The summed E-state index contributed by atoms with van der Waals surface area (Å²) in [6, 6.07) is 3.94. The highest BCUT2D eigenvalue weighted by Crippen LogP contribution is 2.05. The molecule has 0 aliphatic heterocycles. The lowest BCUT2D eigenvalue weighted by Crippen LogP contribution is -1.95. The first-order valence-corrected chi connectivity index (χ1v) is 4.37. The lowest BCUT2D eigenvalue weighted by molar-refractivity contribution is 0.201. The smallest absolute Gasteiger partial charge is 0.0768 e. The molecule has 1 aromatic heterocycles. The van der Waals surface area contributed by atoms with Gasteiger partial charge in [0.2, 0.25) is 0 Å². The molecule has 0 saturated heterocycles. The van der Waals surface area contributed by atoms with Crippen LogP contribution in [0.4, 0.5) is 0 Å². The quantitative estimate of drug-likeness (QED) is 0.631. The zero-order valence-electron chi connectivity index (χ0n) is 6.37. The molecule has 1 N–H and O–H groups in total. The minimum Gasteiger partial charge on any atom is -0.392 e. The van der Waals surface area contributed by atoms with Crippen LogP contribution >= 0.6 is 11.3 Å². The Hall–Kier alpha value is -0.780. The SMILES string of the molecule is CC(O)CC#Cc1cccs1. The fourth-order valence-corrected chi connectivity index (χ4v) is 1.23. The summed E-state index contributed by atoms with van der Waals surface area (Å²) in [5.41, 5.74) is 0. The molecule has 0 amide bonds. The van der Waals surface area contributed by atoms with Crippen molar-refractivity contribution in [2.75, 3.05) is 0 Å². The van der Waals surface area contributed by atoms with Gasteiger partial charge >= 0.3 is 0 Å². The molecule has 1 unspecified atom stereocenters. The largest absolute Gasteiger partial charge is 0.392 e. The van der Waals surface area contributed by atoms with Crippen LogP contribution in [0.5, 0.6) is 0 Å². The van der Waals surface area contributed by atoms with Crippen molar-refractivity contribution in [2.24, 2.45) is 0 Å². The maximum atomic E-state index is 8.88. The number of aliphatic hydroxyl groups excluding tert-OH is 1. The first-order valence-electron chi connectivity index (χ1n) is 3.49. The van der Waals surface area contributed by atoms with Gasteiger partial charge in [-0.1, -0.05) is 17.9 Å². The highest BCUT2D eigenvalue weighted by molar-refractivity contribution is 7.10. The van der Waals surface area contributed by atoms with Crippen molar-refractivity contribution >= 4 is 11.3 Å². The summed E-state index contributed by atoms with van der Waals surface area (Å²) in [7, 11) is 0. The molecule has 2 heteroatoms. The summed E-state index contributed by atoms with van der Waals surface area (Å²) in [5, 5.41) is 10.9. The molecule has 11 heavy (non-hydrogen) atoms. The van der Waals surface area contributed by atoms with Crippen LogP contribution in [0.15, 0.2) is 17.5 Å². The molecular formula is C9H10OS. The molecule has 0 aromatic carbocycles. The van der Waals surface area contributed by atoms with E-state index in [-0.39, 0.29) is 6.10 Å². The molecule has 0 saturated carbocycles. The van der Waals surface area contributed by atoms with E-state index in [1.807, 2.05) is 17.5 Å². The van der Waals surface area contributed by atoms with E-state index in [1.54, 1.807) is 18.3 Å². The Morgan fingerprint density at radius 2 is 2.55 bits per heavy atom. The standard InChI is InChI=1S/C9H10OS/c1-8(10)4-2-5-9-6-3-7-11-9/h3,6-8,10H,4H2,1H3. The predicted molar refractivity (Wildman–Crippen MR) is 47.5 cm³/mol. The van der Waals surface area contributed by atoms with Crippen molar-refractivity contribution in [3.8, 4) is 11.8 Å². The lowest BCUT2D eigenvalue weighted by Gasteiger charge is -1.91. The molecule has 0 aliphatic rings. The van der Waals surface area contributed by atoms with Crippen molar-refractivity contribution in [3.63, 3.8) is 0 Å². The maximum absolute atomic E-state index is 8.88. The number of thiophene rings is 1. The van der Waals surface area contributed by atoms with Gasteiger partial charge in [-0.15, -0.1) is 11.3 Å².